The number of anilines is 1. The molecule has 0 saturated heterocycles. The maximum atomic E-state index is 15.3. The molecule has 42 heavy (non-hydrogen) atoms. The van der Waals surface area contributed by atoms with Crippen LogP contribution in [0.2, 0.25) is 0 Å². The number of methoxy groups -OCH3 is 2. The summed E-state index contributed by atoms with van der Waals surface area (Å²) >= 11 is 0. The van der Waals surface area contributed by atoms with Crippen LogP contribution in [0.3, 0.4) is 0 Å². The first kappa shape index (κ1) is 28.2. The number of aromatic nitrogens is 3. The van der Waals surface area contributed by atoms with E-state index in [0.29, 0.717) is 39.4 Å². The lowest BCUT2D eigenvalue weighted by Crippen LogP contribution is -2.26. The molecule has 214 valence electrons. The molecule has 0 atom stereocenters. The molecule has 0 unspecified atom stereocenters. The van der Waals surface area contributed by atoms with E-state index in [1.54, 1.807) is 37.6 Å². The van der Waals surface area contributed by atoms with Crippen molar-refractivity contribution in [2.45, 2.75) is 13.8 Å². The predicted molar refractivity (Wildman–Crippen MR) is 154 cm³/mol. The van der Waals surface area contributed by atoms with Gasteiger partial charge in [-0.1, -0.05) is 12.1 Å². The second kappa shape index (κ2) is 11.3. The van der Waals surface area contributed by atoms with Gasteiger partial charge < -0.3 is 24.1 Å². The molecule has 0 aliphatic heterocycles. The Balaban J connectivity index is 1.46. The molecule has 0 fully saturated rings. The second-order valence-electron chi connectivity index (χ2n) is 9.48. The summed E-state index contributed by atoms with van der Waals surface area (Å²) in [6, 6.07) is 11.2. The van der Waals surface area contributed by atoms with E-state index in [4.69, 9.17) is 14.2 Å². The van der Waals surface area contributed by atoms with Gasteiger partial charge in [-0.2, -0.15) is 0 Å². The largest absolute Gasteiger partial charge is 0.491 e. The van der Waals surface area contributed by atoms with Crippen LogP contribution in [0.25, 0.3) is 22.2 Å². The third-order valence-corrected chi connectivity index (χ3v) is 6.82. The number of halogens is 2. The van der Waals surface area contributed by atoms with Crippen molar-refractivity contribution in [1.82, 2.24) is 14.5 Å². The Morgan fingerprint density at radius 2 is 1.69 bits per heavy atom. The number of amides is 1. The number of carbonyl (C=O) groups excluding carboxylic acids is 1. The standard InChI is InChI=1S/C31H26F2N4O5/c1-16-12-22(35-30(39)20-15-37(3)17(2)27(29(20)38)18-6-8-19(32)9-7-18)21(33)13-25(16)42-24-10-11-34-23-14-26(40-4)31(41-5)36-28(23)24/h6-15H,1-5H3,(H,35,39). The van der Waals surface area contributed by atoms with Crippen molar-refractivity contribution in [2.75, 3.05) is 19.5 Å². The van der Waals surface area contributed by atoms with Crippen molar-refractivity contribution in [3.05, 3.63) is 99.6 Å². The summed E-state index contributed by atoms with van der Waals surface area (Å²) in [5.41, 5.74) is 1.75. The molecule has 0 bridgehead atoms. The summed E-state index contributed by atoms with van der Waals surface area (Å²) in [6.45, 7) is 3.40. The van der Waals surface area contributed by atoms with Crippen LogP contribution in [0.4, 0.5) is 14.5 Å². The molecule has 3 heterocycles. The van der Waals surface area contributed by atoms with Crippen LogP contribution >= 0.6 is 0 Å². The van der Waals surface area contributed by atoms with Gasteiger partial charge in [-0.15, -0.1) is 0 Å². The van der Waals surface area contributed by atoms with E-state index in [1.807, 2.05) is 0 Å². The van der Waals surface area contributed by atoms with E-state index in [9.17, 15) is 14.0 Å². The average Bonchev–Trinajstić information content (AvgIpc) is 2.97. The van der Waals surface area contributed by atoms with Gasteiger partial charge in [0, 0.05) is 48.9 Å². The molecule has 9 nitrogen and oxygen atoms in total. The summed E-state index contributed by atoms with van der Waals surface area (Å²) in [4.78, 5) is 35.3. The molecule has 2 aromatic carbocycles. The SMILES string of the molecule is COc1cc2nccc(Oc3cc(F)c(NC(=O)c4cn(C)c(C)c(-c5ccc(F)cc5)c4=O)cc3C)c2nc1OC. The molecule has 0 spiro atoms. The highest BCUT2D eigenvalue weighted by atomic mass is 19.1. The van der Waals surface area contributed by atoms with E-state index >= 15 is 4.39 Å². The number of aryl methyl sites for hydroxylation is 2. The normalized spacial score (nSPS) is 10.9. The number of fused-ring (bicyclic) bond motifs is 1. The molecule has 0 radical (unpaired) electrons. The summed E-state index contributed by atoms with van der Waals surface area (Å²) < 4.78 is 47.0. The molecule has 3 aromatic heterocycles. The zero-order valence-electron chi connectivity index (χ0n) is 23.4. The topological polar surface area (TPSA) is 105 Å². The zero-order chi connectivity index (χ0) is 30.1. The van der Waals surface area contributed by atoms with Crippen molar-refractivity contribution < 1.29 is 27.8 Å². The number of carbonyl (C=O) groups is 1. The maximum absolute atomic E-state index is 15.3. The Labute approximate surface area is 239 Å². The van der Waals surface area contributed by atoms with Gasteiger partial charge >= 0.3 is 0 Å². The highest BCUT2D eigenvalue weighted by Crippen LogP contribution is 2.36. The van der Waals surface area contributed by atoms with Crippen molar-refractivity contribution in [3.8, 4) is 34.3 Å². The number of ether oxygens (including phenoxy) is 3. The molecule has 0 aliphatic carbocycles. The third kappa shape index (κ3) is 5.24. The zero-order valence-corrected chi connectivity index (χ0v) is 23.4. The summed E-state index contributed by atoms with van der Waals surface area (Å²) in [5, 5.41) is 2.50. The van der Waals surface area contributed by atoms with Crippen LogP contribution in [0.15, 0.2) is 65.7 Å². The Morgan fingerprint density at radius 1 is 0.952 bits per heavy atom. The Bertz CT molecular complexity index is 1910. The van der Waals surface area contributed by atoms with Crippen LogP contribution in [0.5, 0.6) is 23.1 Å². The minimum Gasteiger partial charge on any atom is -0.491 e. The van der Waals surface area contributed by atoms with E-state index in [2.05, 4.69) is 15.3 Å². The lowest BCUT2D eigenvalue weighted by atomic mass is 10.0. The van der Waals surface area contributed by atoms with E-state index in [-0.39, 0.29) is 28.4 Å². The van der Waals surface area contributed by atoms with Crippen LogP contribution in [0, 0.1) is 25.5 Å². The minimum absolute atomic E-state index is 0.139. The average molecular weight is 573 g/mol. The molecule has 1 amide bonds. The van der Waals surface area contributed by atoms with Gasteiger partial charge in [-0.25, -0.2) is 13.8 Å². The van der Waals surface area contributed by atoms with Crippen LogP contribution in [-0.4, -0.2) is 34.7 Å². The van der Waals surface area contributed by atoms with Gasteiger partial charge in [0.15, 0.2) is 11.5 Å². The molecule has 11 heteroatoms. The van der Waals surface area contributed by atoms with Crippen LogP contribution < -0.4 is 25.0 Å². The fraction of sp³-hybridized carbons (Fsp3) is 0.161. The van der Waals surface area contributed by atoms with E-state index in [1.165, 1.54) is 56.9 Å². The van der Waals surface area contributed by atoms with Crippen molar-refractivity contribution in [3.63, 3.8) is 0 Å². The highest BCUT2D eigenvalue weighted by Gasteiger charge is 2.21. The number of benzene rings is 2. The molecule has 5 rings (SSSR count). The smallest absolute Gasteiger partial charge is 0.261 e. The number of hydrogen-bond donors (Lipinski definition) is 1. The van der Waals surface area contributed by atoms with Crippen molar-refractivity contribution >= 4 is 22.6 Å². The van der Waals surface area contributed by atoms with Gasteiger partial charge in [0.1, 0.15) is 28.5 Å². The Morgan fingerprint density at radius 3 is 2.38 bits per heavy atom. The maximum Gasteiger partial charge on any atom is 0.261 e. The first-order chi connectivity index (χ1) is 20.1. The summed E-state index contributed by atoms with van der Waals surface area (Å²) in [6.07, 6.45) is 2.90. The Kier molecular flexibility index (Phi) is 7.58. The van der Waals surface area contributed by atoms with Gasteiger partial charge in [0.25, 0.3) is 11.8 Å². The molecule has 0 aliphatic rings. The minimum atomic E-state index is -0.795. The number of nitrogens with zero attached hydrogens (tertiary/aromatic N) is 3. The van der Waals surface area contributed by atoms with Crippen LogP contribution in [-0.2, 0) is 7.05 Å². The second-order valence-corrected chi connectivity index (χ2v) is 9.48. The summed E-state index contributed by atoms with van der Waals surface area (Å²) in [7, 11) is 4.62. The molecular weight excluding hydrogens is 546 g/mol. The number of rotatable bonds is 7. The third-order valence-electron chi connectivity index (χ3n) is 6.82. The number of hydrogen-bond acceptors (Lipinski definition) is 7. The molecular formula is C31H26F2N4O5. The van der Waals surface area contributed by atoms with Gasteiger partial charge in [-0.05, 0) is 43.2 Å². The van der Waals surface area contributed by atoms with E-state index in [0.717, 1.165) is 6.07 Å². The Hall–Kier alpha value is -5.32. The molecule has 1 N–H and O–H groups in total. The molecule has 5 aromatic rings. The lowest BCUT2D eigenvalue weighted by Gasteiger charge is -2.15. The van der Waals surface area contributed by atoms with Gasteiger partial charge in [-0.3, -0.25) is 14.6 Å². The first-order valence-electron chi connectivity index (χ1n) is 12.7. The quantitative estimate of drug-likeness (QED) is 0.257. The van der Waals surface area contributed by atoms with Gasteiger partial charge in [0.2, 0.25) is 5.43 Å². The lowest BCUT2D eigenvalue weighted by molar-refractivity contribution is 0.102. The van der Waals surface area contributed by atoms with Crippen molar-refractivity contribution in [1.29, 1.82) is 0 Å². The van der Waals surface area contributed by atoms with Crippen molar-refractivity contribution in [2.24, 2.45) is 7.05 Å². The fourth-order valence-electron chi connectivity index (χ4n) is 4.51. The number of pyridine rings is 3. The summed E-state index contributed by atoms with van der Waals surface area (Å²) in [5.74, 6) is -0.919. The van der Waals surface area contributed by atoms with E-state index < -0.39 is 23.0 Å². The van der Waals surface area contributed by atoms with Crippen LogP contribution in [0.1, 0.15) is 21.6 Å². The fourth-order valence-corrected chi connectivity index (χ4v) is 4.51. The number of nitrogens with one attached hydrogen (secondary N) is 1. The highest BCUT2D eigenvalue weighted by molar-refractivity contribution is 6.05. The predicted octanol–water partition coefficient (Wildman–Crippen LogP) is 5.95. The van der Waals surface area contributed by atoms with Gasteiger partial charge in [0.05, 0.1) is 25.4 Å². The molecule has 0 saturated carbocycles. The first-order valence-corrected chi connectivity index (χ1v) is 12.7. The monoisotopic (exact) mass is 572 g/mol.